The number of nitrogen functional groups attached to an aromatic ring is 2. The van der Waals surface area contributed by atoms with Crippen molar-refractivity contribution in [1.29, 1.82) is 0 Å². The zero-order valence-corrected chi connectivity index (χ0v) is 30.0. The number of likely N-dealkylation sites (N-methyl/N-ethyl adjacent to an activating group) is 1. The van der Waals surface area contributed by atoms with Gasteiger partial charge in [-0.2, -0.15) is 4.98 Å². The van der Waals surface area contributed by atoms with Crippen LogP contribution < -0.4 is 17.0 Å². The van der Waals surface area contributed by atoms with Crippen molar-refractivity contribution in [2.24, 2.45) is 0 Å². The number of aromatic amines is 1. The second kappa shape index (κ2) is 14.4. The minimum absolute atomic E-state index is 0.00995. The third kappa shape index (κ3) is 7.01. The summed E-state index contributed by atoms with van der Waals surface area (Å²) in [4.78, 5) is 48.7. The van der Waals surface area contributed by atoms with Gasteiger partial charge in [-0.05, 0) is 25.9 Å². The molecule has 7 heterocycles. The van der Waals surface area contributed by atoms with Gasteiger partial charge in [-0.1, -0.05) is 13.8 Å². The summed E-state index contributed by atoms with van der Waals surface area (Å²) in [5.41, 5.74) is 11.5. The number of aromatic nitrogens is 8. The molecule has 3 aliphatic heterocycles. The lowest BCUT2D eigenvalue weighted by atomic mass is 10.1. The maximum atomic E-state index is 14.7. The molecule has 7 rings (SSSR count). The highest BCUT2D eigenvalue weighted by molar-refractivity contribution is 7.53. The standard InChI is InChI=1S/C28H41N11O11P2/c1-3-37(4-2)7-8-46-52(45)10-6-14-18(40)21(27(47-14)39-13-34-17-24(39)35-28(30)36-25(17)42)49-51(43,44)9-5-15-20(50-52)19(41)26(48-15)38-12-33-16-22(29)31-11-32-23(16)38/h11-15,18-21,26-27,40-41H,3-10H2,1-2H3,(H,43,44)(H2,29,31,32)(H3,30,35,36,42). The SMILES string of the molecule is CCN(CC)CCOP1(=O)CCC2OC(n3cnc4c(=O)[nH]c(N)nc43)C(OP(=O)(O)CCC3OC(n4cnc5c(N)ncnc54)C(O)C3O1)C2O. The number of H-pyrrole nitrogens is 1. The Morgan fingerprint density at radius 2 is 1.62 bits per heavy atom. The number of ether oxygens (including phenoxy) is 2. The topological polar surface area (TPSA) is 303 Å². The number of nitrogens with zero attached hydrogens (tertiary/aromatic N) is 8. The first-order valence-electron chi connectivity index (χ1n) is 16.8. The summed E-state index contributed by atoms with van der Waals surface area (Å²) in [6, 6.07) is 0. The van der Waals surface area contributed by atoms with Crippen molar-refractivity contribution in [2.75, 3.05) is 50.0 Å². The maximum absolute atomic E-state index is 14.7. The van der Waals surface area contributed by atoms with Crippen LogP contribution in [0.4, 0.5) is 11.8 Å². The molecule has 0 saturated carbocycles. The fourth-order valence-electron chi connectivity index (χ4n) is 6.79. The Morgan fingerprint density at radius 1 is 0.923 bits per heavy atom. The molecule has 3 fully saturated rings. The number of fused-ring (bicyclic) bond motifs is 5. The molecule has 0 spiro atoms. The Kier molecular flexibility index (Phi) is 10.3. The number of aliphatic hydroxyl groups is 2. The first-order valence-corrected chi connectivity index (χ1v) is 20.3. The number of anilines is 2. The summed E-state index contributed by atoms with van der Waals surface area (Å²) in [6.07, 6.45) is -7.94. The summed E-state index contributed by atoms with van der Waals surface area (Å²) in [5.74, 6) is -0.112. The van der Waals surface area contributed by atoms with E-state index in [4.69, 9.17) is 34.5 Å². The van der Waals surface area contributed by atoms with Crippen LogP contribution in [0.2, 0.25) is 0 Å². The van der Waals surface area contributed by atoms with Gasteiger partial charge < -0.3 is 45.5 Å². The van der Waals surface area contributed by atoms with Crippen molar-refractivity contribution in [3.63, 3.8) is 0 Å². The van der Waals surface area contributed by atoms with Crippen LogP contribution in [0.1, 0.15) is 39.1 Å². The minimum atomic E-state index is -4.58. The smallest absolute Gasteiger partial charge is 0.331 e. The van der Waals surface area contributed by atoms with Crippen molar-refractivity contribution >= 4 is 49.3 Å². The number of hydrogen-bond donors (Lipinski definition) is 6. The van der Waals surface area contributed by atoms with Gasteiger partial charge in [0.25, 0.3) is 5.56 Å². The highest BCUT2D eigenvalue weighted by atomic mass is 31.2. The van der Waals surface area contributed by atoms with Gasteiger partial charge in [0.05, 0.1) is 43.8 Å². The Labute approximate surface area is 295 Å². The Morgan fingerprint density at radius 3 is 2.37 bits per heavy atom. The second-order valence-corrected chi connectivity index (χ2v) is 16.8. The quantitative estimate of drug-likeness (QED) is 0.128. The van der Waals surface area contributed by atoms with Crippen molar-refractivity contribution in [3.05, 3.63) is 29.3 Å². The van der Waals surface area contributed by atoms with Crippen molar-refractivity contribution in [2.45, 2.75) is 75.8 Å². The van der Waals surface area contributed by atoms with E-state index in [0.29, 0.717) is 6.54 Å². The highest BCUT2D eigenvalue weighted by Gasteiger charge is 2.53. The van der Waals surface area contributed by atoms with Gasteiger partial charge in [0.2, 0.25) is 5.95 Å². The van der Waals surface area contributed by atoms with E-state index in [1.54, 1.807) is 0 Å². The van der Waals surface area contributed by atoms with Crippen molar-refractivity contribution < 1.29 is 47.3 Å². The van der Waals surface area contributed by atoms with Gasteiger partial charge in [0.15, 0.2) is 35.1 Å². The van der Waals surface area contributed by atoms with E-state index >= 15 is 0 Å². The van der Waals surface area contributed by atoms with Crippen LogP contribution in [0.3, 0.4) is 0 Å². The van der Waals surface area contributed by atoms with E-state index in [1.807, 2.05) is 13.8 Å². The van der Waals surface area contributed by atoms with Crippen LogP contribution in [0.25, 0.3) is 22.3 Å². The Bertz CT molecular complexity index is 2080. The van der Waals surface area contributed by atoms with E-state index in [1.165, 1.54) is 28.1 Å². The number of rotatable bonds is 8. The summed E-state index contributed by atoms with van der Waals surface area (Å²) in [6.45, 7) is 5.84. The molecule has 24 heteroatoms. The molecule has 10 unspecified atom stereocenters. The van der Waals surface area contributed by atoms with Crippen molar-refractivity contribution in [1.82, 2.24) is 43.9 Å². The average Bonchev–Trinajstić information content (AvgIpc) is 3.86. The molecular weight excluding hydrogens is 728 g/mol. The molecule has 2 bridgehead atoms. The summed E-state index contributed by atoms with van der Waals surface area (Å²) >= 11 is 0. The van der Waals surface area contributed by atoms with E-state index < -0.39 is 76.0 Å². The fraction of sp³-hybridized carbons (Fsp3) is 0.643. The molecular formula is C28H41N11O11P2. The summed E-state index contributed by atoms with van der Waals surface area (Å²) in [7, 11) is -8.72. The predicted octanol–water partition coefficient (Wildman–Crippen LogP) is -0.0584. The van der Waals surface area contributed by atoms with Crippen molar-refractivity contribution in [3.8, 4) is 0 Å². The number of imidazole rings is 2. The molecule has 10 atom stereocenters. The zero-order valence-electron chi connectivity index (χ0n) is 28.2. The minimum Gasteiger partial charge on any atom is -0.387 e. The van der Waals surface area contributed by atoms with E-state index in [-0.39, 0.29) is 59.7 Å². The van der Waals surface area contributed by atoms with Crippen LogP contribution in [0, 0.1) is 0 Å². The predicted molar refractivity (Wildman–Crippen MR) is 182 cm³/mol. The molecule has 4 aromatic rings. The Balaban J connectivity index is 1.23. The lowest BCUT2D eigenvalue weighted by Gasteiger charge is -2.28. The normalized spacial score (nSPS) is 34.3. The van der Waals surface area contributed by atoms with Crippen LogP contribution in [0.5, 0.6) is 0 Å². The van der Waals surface area contributed by atoms with Crippen LogP contribution in [-0.4, -0.2) is 134 Å². The van der Waals surface area contributed by atoms with Crippen LogP contribution in [-0.2, 0) is 32.2 Å². The van der Waals surface area contributed by atoms with E-state index in [0.717, 1.165) is 13.1 Å². The van der Waals surface area contributed by atoms with Gasteiger partial charge >= 0.3 is 15.2 Å². The lowest BCUT2D eigenvalue weighted by molar-refractivity contribution is -0.0375. The van der Waals surface area contributed by atoms with Crippen LogP contribution in [0.15, 0.2) is 23.8 Å². The molecule has 3 aliphatic rings. The van der Waals surface area contributed by atoms with Gasteiger partial charge in [-0.3, -0.25) is 37.1 Å². The number of nitrogens with two attached hydrogens (primary N) is 2. The average molecular weight is 770 g/mol. The molecule has 0 aliphatic carbocycles. The third-order valence-corrected chi connectivity index (χ3v) is 12.9. The first kappa shape index (κ1) is 36.9. The first-order chi connectivity index (χ1) is 24.8. The number of hydrogen-bond acceptors (Lipinski definition) is 18. The molecule has 0 radical (unpaired) electrons. The zero-order chi connectivity index (χ0) is 36.9. The summed E-state index contributed by atoms with van der Waals surface area (Å²) in [5, 5.41) is 23.2. The van der Waals surface area contributed by atoms with Gasteiger partial charge in [0, 0.05) is 6.54 Å². The molecule has 22 nitrogen and oxygen atoms in total. The summed E-state index contributed by atoms with van der Waals surface area (Å²) < 4.78 is 61.5. The molecule has 3 saturated heterocycles. The lowest BCUT2D eigenvalue weighted by Crippen LogP contribution is -2.35. The third-order valence-electron chi connectivity index (χ3n) is 9.55. The molecule has 8 N–H and O–H groups in total. The molecule has 0 amide bonds. The second-order valence-electron chi connectivity index (χ2n) is 12.7. The van der Waals surface area contributed by atoms with E-state index in [9.17, 15) is 29.0 Å². The monoisotopic (exact) mass is 769 g/mol. The molecule has 4 aromatic heterocycles. The molecule has 284 valence electrons. The largest absolute Gasteiger partial charge is 0.387 e. The van der Waals surface area contributed by atoms with E-state index in [2.05, 4.69) is 34.8 Å². The van der Waals surface area contributed by atoms with Gasteiger partial charge in [0.1, 0.15) is 36.3 Å². The molecule has 0 aromatic carbocycles. The maximum Gasteiger partial charge on any atom is 0.331 e. The van der Waals surface area contributed by atoms with Gasteiger partial charge in [-0.15, -0.1) is 0 Å². The fourth-order valence-corrected chi connectivity index (χ4v) is 9.94. The van der Waals surface area contributed by atoms with Crippen LogP contribution >= 0.6 is 15.2 Å². The Hall–Kier alpha value is -3.40. The molecule has 52 heavy (non-hydrogen) atoms. The highest BCUT2D eigenvalue weighted by Crippen LogP contribution is 2.56. The number of aliphatic hydroxyl groups excluding tert-OH is 2. The number of nitrogens with one attached hydrogen (secondary N) is 1. The van der Waals surface area contributed by atoms with Gasteiger partial charge in [-0.25, -0.2) is 19.9 Å².